The van der Waals surface area contributed by atoms with Gasteiger partial charge in [0.25, 0.3) is 0 Å². The first-order valence-corrected chi connectivity index (χ1v) is 6.83. The van der Waals surface area contributed by atoms with E-state index in [2.05, 4.69) is 5.32 Å². The van der Waals surface area contributed by atoms with E-state index in [9.17, 15) is 14.4 Å². The number of urea groups is 1. The summed E-state index contributed by atoms with van der Waals surface area (Å²) in [6.45, 7) is 5.11. The van der Waals surface area contributed by atoms with Crippen LogP contribution in [0, 0.1) is 5.92 Å². The van der Waals surface area contributed by atoms with Crippen molar-refractivity contribution in [1.29, 1.82) is 0 Å². The molecule has 0 aliphatic carbocycles. The average molecular weight is 303 g/mol. The van der Waals surface area contributed by atoms with Crippen LogP contribution in [0.1, 0.15) is 26.7 Å². The van der Waals surface area contributed by atoms with E-state index in [1.54, 1.807) is 0 Å². The molecule has 0 saturated heterocycles. The van der Waals surface area contributed by atoms with Crippen molar-refractivity contribution in [3.8, 4) is 0 Å². The van der Waals surface area contributed by atoms with Gasteiger partial charge in [-0.3, -0.25) is 4.79 Å². The number of hydrogen-bond donors (Lipinski definition) is 3. The molecule has 0 unspecified atom stereocenters. The van der Waals surface area contributed by atoms with Gasteiger partial charge >= 0.3 is 12.0 Å². The number of ether oxygens (including phenoxy) is 1. The SMILES string of the molecule is COCCN(CC(C)C)C(=O)N[C@@H](CCC(N)=O)C(=O)O. The fraction of sp³-hybridized carbons (Fsp3) is 0.769. The van der Waals surface area contributed by atoms with Crippen LogP contribution in [0.2, 0.25) is 0 Å². The number of nitrogens with one attached hydrogen (secondary N) is 1. The van der Waals surface area contributed by atoms with Crippen LogP contribution in [0.4, 0.5) is 4.79 Å². The molecule has 0 bridgehead atoms. The van der Waals surface area contributed by atoms with Crippen LogP contribution in [-0.4, -0.2) is 60.8 Å². The molecule has 0 rings (SSSR count). The molecule has 0 spiro atoms. The second kappa shape index (κ2) is 9.98. The fourth-order valence-corrected chi connectivity index (χ4v) is 1.70. The number of primary amides is 1. The summed E-state index contributed by atoms with van der Waals surface area (Å²) in [5.41, 5.74) is 4.99. The number of carbonyl (C=O) groups is 3. The lowest BCUT2D eigenvalue weighted by atomic mass is 10.1. The summed E-state index contributed by atoms with van der Waals surface area (Å²) in [4.78, 5) is 35.4. The summed E-state index contributed by atoms with van der Waals surface area (Å²) in [6.07, 6.45) is -0.129. The number of carbonyl (C=O) groups excluding carboxylic acids is 2. The maximum absolute atomic E-state index is 12.1. The van der Waals surface area contributed by atoms with Gasteiger partial charge in [-0.15, -0.1) is 0 Å². The quantitative estimate of drug-likeness (QED) is 0.525. The highest BCUT2D eigenvalue weighted by molar-refractivity contribution is 5.83. The van der Waals surface area contributed by atoms with Crippen LogP contribution in [0.15, 0.2) is 0 Å². The van der Waals surface area contributed by atoms with E-state index in [1.807, 2.05) is 13.8 Å². The Bertz CT molecular complexity index is 360. The summed E-state index contributed by atoms with van der Waals surface area (Å²) >= 11 is 0. The van der Waals surface area contributed by atoms with Crippen molar-refractivity contribution in [1.82, 2.24) is 10.2 Å². The second-order valence-corrected chi connectivity index (χ2v) is 5.18. The van der Waals surface area contributed by atoms with E-state index < -0.39 is 23.9 Å². The van der Waals surface area contributed by atoms with Gasteiger partial charge in [0.15, 0.2) is 0 Å². The van der Waals surface area contributed by atoms with Gasteiger partial charge in [-0.05, 0) is 12.3 Å². The van der Waals surface area contributed by atoms with Gasteiger partial charge in [0.05, 0.1) is 6.61 Å². The third-order valence-electron chi connectivity index (χ3n) is 2.71. The summed E-state index contributed by atoms with van der Waals surface area (Å²) in [5.74, 6) is -1.56. The fourth-order valence-electron chi connectivity index (χ4n) is 1.70. The Kier molecular flexibility index (Phi) is 9.11. The van der Waals surface area contributed by atoms with Crippen LogP contribution in [-0.2, 0) is 14.3 Å². The summed E-state index contributed by atoms with van der Waals surface area (Å²) in [6, 6.07) is -1.63. The topological polar surface area (TPSA) is 122 Å². The molecule has 0 aliphatic rings. The van der Waals surface area contributed by atoms with Crippen molar-refractivity contribution in [2.45, 2.75) is 32.7 Å². The third kappa shape index (κ3) is 8.85. The number of nitrogens with two attached hydrogens (primary N) is 1. The first-order valence-electron chi connectivity index (χ1n) is 6.83. The van der Waals surface area contributed by atoms with Crippen LogP contribution >= 0.6 is 0 Å². The van der Waals surface area contributed by atoms with E-state index in [0.717, 1.165) is 0 Å². The molecule has 0 aromatic rings. The largest absolute Gasteiger partial charge is 0.480 e. The van der Waals surface area contributed by atoms with Crippen molar-refractivity contribution in [3.05, 3.63) is 0 Å². The van der Waals surface area contributed by atoms with E-state index in [0.29, 0.717) is 19.7 Å². The van der Waals surface area contributed by atoms with Gasteiger partial charge in [0.2, 0.25) is 5.91 Å². The Morgan fingerprint density at radius 3 is 2.38 bits per heavy atom. The molecule has 0 heterocycles. The highest BCUT2D eigenvalue weighted by atomic mass is 16.5. The minimum Gasteiger partial charge on any atom is -0.480 e. The van der Waals surface area contributed by atoms with Gasteiger partial charge in [-0.25, -0.2) is 9.59 Å². The number of carboxylic acids is 1. The Balaban J connectivity index is 4.64. The van der Waals surface area contributed by atoms with Gasteiger partial charge in [-0.2, -0.15) is 0 Å². The molecule has 3 amide bonds. The van der Waals surface area contributed by atoms with Crippen molar-refractivity contribution in [2.24, 2.45) is 11.7 Å². The predicted octanol–water partition coefficient (Wildman–Crippen LogP) is 0.0191. The number of nitrogens with zero attached hydrogens (tertiary/aromatic N) is 1. The Morgan fingerprint density at radius 1 is 1.33 bits per heavy atom. The van der Waals surface area contributed by atoms with Crippen LogP contribution in [0.3, 0.4) is 0 Å². The lowest BCUT2D eigenvalue weighted by molar-refractivity contribution is -0.139. The molecule has 0 fully saturated rings. The molecule has 0 aliphatic heterocycles. The zero-order valence-electron chi connectivity index (χ0n) is 12.8. The number of aliphatic carboxylic acids is 1. The molecule has 0 saturated carbocycles. The lowest BCUT2D eigenvalue weighted by Gasteiger charge is -2.26. The summed E-state index contributed by atoms with van der Waals surface area (Å²) < 4.78 is 4.94. The third-order valence-corrected chi connectivity index (χ3v) is 2.71. The van der Waals surface area contributed by atoms with Crippen molar-refractivity contribution >= 4 is 17.9 Å². The maximum Gasteiger partial charge on any atom is 0.326 e. The number of carboxylic acid groups (broad SMARTS) is 1. The van der Waals surface area contributed by atoms with Gasteiger partial charge < -0.3 is 25.8 Å². The predicted molar refractivity (Wildman–Crippen MR) is 76.7 cm³/mol. The Hall–Kier alpha value is -1.83. The van der Waals surface area contributed by atoms with E-state index >= 15 is 0 Å². The monoisotopic (exact) mass is 303 g/mol. The van der Waals surface area contributed by atoms with E-state index in [4.69, 9.17) is 15.6 Å². The normalized spacial score (nSPS) is 12.0. The minimum absolute atomic E-state index is 0.0315. The van der Waals surface area contributed by atoms with E-state index in [1.165, 1.54) is 12.0 Å². The van der Waals surface area contributed by atoms with Gasteiger partial charge in [0.1, 0.15) is 6.04 Å². The summed E-state index contributed by atoms with van der Waals surface area (Å²) in [5, 5.41) is 11.5. The number of methoxy groups -OCH3 is 1. The highest BCUT2D eigenvalue weighted by Gasteiger charge is 2.23. The average Bonchev–Trinajstić information content (AvgIpc) is 2.37. The first-order chi connectivity index (χ1) is 9.77. The van der Waals surface area contributed by atoms with Gasteiger partial charge in [0, 0.05) is 26.6 Å². The molecule has 1 atom stereocenters. The van der Waals surface area contributed by atoms with Crippen LogP contribution < -0.4 is 11.1 Å². The molecule has 122 valence electrons. The number of rotatable bonds is 10. The molecule has 0 radical (unpaired) electrons. The molecular formula is C13H25N3O5. The maximum atomic E-state index is 12.1. The molecule has 0 aromatic carbocycles. The van der Waals surface area contributed by atoms with Crippen LogP contribution in [0.25, 0.3) is 0 Å². The van der Waals surface area contributed by atoms with E-state index in [-0.39, 0.29) is 18.8 Å². The van der Waals surface area contributed by atoms with Crippen molar-refractivity contribution < 1.29 is 24.2 Å². The highest BCUT2D eigenvalue weighted by Crippen LogP contribution is 2.03. The zero-order chi connectivity index (χ0) is 16.4. The smallest absolute Gasteiger partial charge is 0.326 e. The Labute approximate surface area is 124 Å². The molecule has 21 heavy (non-hydrogen) atoms. The number of hydrogen-bond acceptors (Lipinski definition) is 4. The second-order valence-electron chi connectivity index (χ2n) is 5.18. The zero-order valence-corrected chi connectivity index (χ0v) is 12.8. The van der Waals surface area contributed by atoms with Gasteiger partial charge in [-0.1, -0.05) is 13.8 Å². The molecule has 8 heteroatoms. The lowest BCUT2D eigenvalue weighted by Crippen LogP contribution is -2.50. The first kappa shape index (κ1) is 19.2. The standard InChI is InChI=1S/C13H25N3O5/c1-9(2)8-16(6-7-21-3)13(20)15-10(12(18)19)4-5-11(14)17/h9-10H,4-8H2,1-3H3,(H2,14,17)(H,15,20)(H,18,19)/t10-/m0/s1. The summed E-state index contributed by atoms with van der Waals surface area (Å²) in [7, 11) is 1.53. The molecular weight excluding hydrogens is 278 g/mol. The Morgan fingerprint density at radius 2 is 1.95 bits per heavy atom. The van der Waals surface area contributed by atoms with Crippen LogP contribution in [0.5, 0.6) is 0 Å². The van der Waals surface area contributed by atoms with Crippen molar-refractivity contribution in [3.63, 3.8) is 0 Å². The molecule has 8 nitrogen and oxygen atoms in total. The molecule has 4 N–H and O–H groups in total. The molecule has 0 aromatic heterocycles. The minimum atomic E-state index is -1.19. The van der Waals surface area contributed by atoms with Crippen molar-refractivity contribution in [2.75, 3.05) is 26.8 Å². The number of amides is 3.